The number of ether oxygens (including phenoxy) is 1. The van der Waals surface area contributed by atoms with Gasteiger partial charge in [-0.15, -0.1) is 0 Å². The van der Waals surface area contributed by atoms with Crippen molar-refractivity contribution in [1.29, 1.82) is 0 Å². The first-order chi connectivity index (χ1) is 9.68. The number of hydrogen-bond donors (Lipinski definition) is 1. The highest BCUT2D eigenvalue weighted by molar-refractivity contribution is 6.33. The summed E-state index contributed by atoms with van der Waals surface area (Å²) in [5.41, 5.74) is 7.23. The number of nitrogens with two attached hydrogens (primary N) is 1. The third kappa shape index (κ3) is 2.27. The van der Waals surface area contributed by atoms with Crippen LogP contribution in [0.4, 0.5) is 10.3 Å². The fraction of sp³-hybridized carbons (Fsp3) is 0.357. The zero-order valence-corrected chi connectivity index (χ0v) is 11.5. The number of aromatic nitrogens is 1. The topological polar surface area (TPSA) is 61.3 Å². The second kappa shape index (κ2) is 5.42. The maximum absolute atomic E-state index is 14.1. The molecule has 0 atom stereocenters. The average molecular weight is 297 g/mol. The van der Waals surface area contributed by atoms with Crippen LogP contribution >= 0.6 is 11.6 Å². The Morgan fingerprint density at radius 1 is 1.25 bits per heavy atom. The predicted octanol–water partition coefficient (Wildman–Crippen LogP) is 3.61. The number of benzene rings is 1. The molecule has 0 saturated carbocycles. The Kier molecular flexibility index (Phi) is 3.63. The lowest BCUT2D eigenvalue weighted by molar-refractivity contribution is 0.0839. The molecule has 0 amide bonds. The van der Waals surface area contributed by atoms with E-state index in [2.05, 4.69) is 5.16 Å². The molecule has 20 heavy (non-hydrogen) atoms. The smallest absolute Gasteiger partial charge is 0.230 e. The Bertz CT molecular complexity index is 603. The molecule has 1 aliphatic rings. The van der Waals surface area contributed by atoms with Crippen molar-refractivity contribution in [2.24, 2.45) is 0 Å². The van der Waals surface area contributed by atoms with Gasteiger partial charge in [-0.3, -0.25) is 0 Å². The van der Waals surface area contributed by atoms with Gasteiger partial charge in [0.2, 0.25) is 5.88 Å². The molecule has 2 aromatic rings. The van der Waals surface area contributed by atoms with Crippen molar-refractivity contribution in [2.75, 3.05) is 18.9 Å². The summed E-state index contributed by atoms with van der Waals surface area (Å²) in [6.07, 6.45) is 1.62. The van der Waals surface area contributed by atoms with Crippen LogP contribution in [0, 0.1) is 5.82 Å². The van der Waals surface area contributed by atoms with Gasteiger partial charge in [-0.2, -0.15) is 0 Å². The molecule has 0 radical (unpaired) electrons. The van der Waals surface area contributed by atoms with Crippen LogP contribution in [0.15, 0.2) is 22.7 Å². The molecule has 1 aromatic heterocycles. The van der Waals surface area contributed by atoms with E-state index in [-0.39, 0.29) is 17.4 Å². The molecule has 1 aromatic carbocycles. The summed E-state index contributed by atoms with van der Waals surface area (Å²) in [5, 5.41) is 4.32. The van der Waals surface area contributed by atoms with Crippen molar-refractivity contribution in [3.63, 3.8) is 0 Å². The van der Waals surface area contributed by atoms with E-state index in [1.807, 2.05) is 0 Å². The summed E-state index contributed by atoms with van der Waals surface area (Å²) in [6, 6.07) is 4.53. The van der Waals surface area contributed by atoms with Gasteiger partial charge in [0.25, 0.3) is 0 Å². The Morgan fingerprint density at radius 2 is 2.00 bits per heavy atom. The van der Waals surface area contributed by atoms with Gasteiger partial charge in [0.05, 0.1) is 16.3 Å². The van der Waals surface area contributed by atoms with Gasteiger partial charge in [-0.25, -0.2) is 4.39 Å². The third-order valence-electron chi connectivity index (χ3n) is 3.57. The SMILES string of the molecule is Nc1onc(C2CCOCC2)c1-c1c(F)cccc1Cl. The van der Waals surface area contributed by atoms with Gasteiger partial charge < -0.3 is 15.0 Å². The van der Waals surface area contributed by atoms with Gasteiger partial charge in [-0.05, 0) is 25.0 Å². The van der Waals surface area contributed by atoms with E-state index < -0.39 is 5.82 Å². The Labute approximate surface area is 120 Å². The Morgan fingerprint density at radius 3 is 2.70 bits per heavy atom. The van der Waals surface area contributed by atoms with Gasteiger partial charge >= 0.3 is 0 Å². The van der Waals surface area contributed by atoms with Crippen molar-refractivity contribution >= 4 is 17.5 Å². The lowest BCUT2D eigenvalue weighted by Crippen LogP contribution is -2.15. The molecule has 1 fully saturated rings. The van der Waals surface area contributed by atoms with Crippen LogP contribution in [-0.4, -0.2) is 18.4 Å². The van der Waals surface area contributed by atoms with Crippen LogP contribution in [0.5, 0.6) is 0 Å². The molecule has 1 saturated heterocycles. The molecular weight excluding hydrogens is 283 g/mol. The zero-order chi connectivity index (χ0) is 14.1. The highest BCUT2D eigenvalue weighted by Gasteiger charge is 2.28. The van der Waals surface area contributed by atoms with Crippen molar-refractivity contribution in [2.45, 2.75) is 18.8 Å². The van der Waals surface area contributed by atoms with Gasteiger partial charge in [0.1, 0.15) is 5.82 Å². The lowest BCUT2D eigenvalue weighted by atomic mass is 9.91. The molecule has 0 bridgehead atoms. The predicted molar refractivity (Wildman–Crippen MR) is 74.1 cm³/mol. The van der Waals surface area contributed by atoms with E-state index in [1.54, 1.807) is 12.1 Å². The molecule has 106 valence electrons. The van der Waals surface area contributed by atoms with Crippen LogP contribution in [0.3, 0.4) is 0 Å². The number of nitrogen functional groups attached to an aromatic ring is 1. The molecule has 0 aliphatic carbocycles. The van der Waals surface area contributed by atoms with Crippen LogP contribution in [0.1, 0.15) is 24.5 Å². The van der Waals surface area contributed by atoms with Crippen LogP contribution < -0.4 is 5.73 Å². The van der Waals surface area contributed by atoms with Crippen molar-refractivity contribution in [1.82, 2.24) is 5.16 Å². The average Bonchev–Trinajstić information content (AvgIpc) is 2.82. The summed E-state index contributed by atoms with van der Waals surface area (Å²) in [4.78, 5) is 0. The van der Waals surface area contributed by atoms with Crippen molar-refractivity contribution in [3.05, 3.63) is 34.7 Å². The maximum Gasteiger partial charge on any atom is 0.230 e. The normalized spacial score (nSPS) is 16.5. The van der Waals surface area contributed by atoms with Gasteiger partial charge in [0.15, 0.2) is 0 Å². The van der Waals surface area contributed by atoms with Crippen LogP contribution in [-0.2, 0) is 4.74 Å². The molecule has 0 unspecified atom stereocenters. The first-order valence-electron chi connectivity index (χ1n) is 6.45. The molecule has 3 rings (SSSR count). The maximum atomic E-state index is 14.1. The van der Waals surface area contributed by atoms with Gasteiger partial charge in [-0.1, -0.05) is 22.8 Å². The zero-order valence-electron chi connectivity index (χ0n) is 10.7. The summed E-state index contributed by atoms with van der Waals surface area (Å²) < 4.78 is 24.5. The van der Waals surface area contributed by atoms with E-state index in [4.69, 9.17) is 26.6 Å². The molecule has 0 spiro atoms. The van der Waals surface area contributed by atoms with Crippen LogP contribution in [0.2, 0.25) is 5.02 Å². The van der Waals surface area contributed by atoms with Crippen LogP contribution in [0.25, 0.3) is 11.1 Å². The quantitative estimate of drug-likeness (QED) is 0.919. The fourth-order valence-corrected chi connectivity index (χ4v) is 2.81. The van der Waals surface area contributed by atoms with Crippen molar-refractivity contribution < 1.29 is 13.7 Å². The lowest BCUT2D eigenvalue weighted by Gasteiger charge is -2.21. The largest absolute Gasteiger partial charge is 0.381 e. The van der Waals surface area contributed by atoms with E-state index in [9.17, 15) is 4.39 Å². The summed E-state index contributed by atoms with van der Waals surface area (Å²) in [5.74, 6) is -0.185. The molecule has 4 nitrogen and oxygen atoms in total. The second-order valence-corrected chi connectivity index (χ2v) is 5.20. The number of hydrogen-bond acceptors (Lipinski definition) is 4. The summed E-state index contributed by atoms with van der Waals surface area (Å²) >= 11 is 6.11. The number of anilines is 1. The first-order valence-corrected chi connectivity index (χ1v) is 6.83. The monoisotopic (exact) mass is 296 g/mol. The standard InChI is InChI=1S/C14H14ClFN2O2/c15-9-2-1-3-10(16)11(9)12-13(18-20-14(12)17)8-4-6-19-7-5-8/h1-3,8H,4-7,17H2. The minimum absolute atomic E-state index is 0.0958. The van der Waals surface area contributed by atoms with Crippen molar-refractivity contribution in [3.8, 4) is 11.1 Å². The van der Waals surface area contributed by atoms with E-state index in [1.165, 1.54) is 6.07 Å². The van der Waals surface area contributed by atoms with E-state index in [0.29, 0.717) is 29.5 Å². The number of rotatable bonds is 2. The third-order valence-corrected chi connectivity index (χ3v) is 3.88. The van der Waals surface area contributed by atoms with E-state index >= 15 is 0 Å². The summed E-state index contributed by atoms with van der Waals surface area (Å²) in [7, 11) is 0. The minimum atomic E-state index is -0.430. The molecular formula is C14H14ClFN2O2. The number of nitrogens with zero attached hydrogens (tertiary/aromatic N) is 1. The fourth-order valence-electron chi connectivity index (χ4n) is 2.55. The molecule has 6 heteroatoms. The number of halogens is 2. The Hall–Kier alpha value is -1.59. The molecule has 1 aliphatic heterocycles. The molecule has 2 heterocycles. The highest BCUT2D eigenvalue weighted by Crippen LogP contribution is 2.41. The van der Waals surface area contributed by atoms with Gasteiger partial charge in [0, 0.05) is 24.7 Å². The van der Waals surface area contributed by atoms with E-state index in [0.717, 1.165) is 12.8 Å². The Balaban J connectivity index is 2.11. The first kappa shape index (κ1) is 13.4. The highest BCUT2D eigenvalue weighted by atomic mass is 35.5. The minimum Gasteiger partial charge on any atom is -0.381 e. The second-order valence-electron chi connectivity index (χ2n) is 4.79. The summed E-state index contributed by atoms with van der Waals surface area (Å²) in [6.45, 7) is 1.31. The molecule has 2 N–H and O–H groups in total.